The number of phosphoric acid groups is 2. The fourth-order valence-electron chi connectivity index (χ4n) is 5.06. The van der Waals surface area contributed by atoms with Gasteiger partial charge in [-0.25, -0.2) is 9.98 Å². The Kier molecular flexibility index (Phi) is 19.9. The molecule has 2 saturated heterocycles. The molecule has 0 saturated carbocycles. The van der Waals surface area contributed by atoms with Gasteiger partial charge in [-0.2, -0.15) is 4.99 Å². The summed E-state index contributed by atoms with van der Waals surface area (Å²) in [6, 6.07) is -1.85. The van der Waals surface area contributed by atoms with Crippen molar-refractivity contribution in [3.05, 3.63) is 0 Å². The molecular weight excluding hydrogens is 776 g/mol. The molecule has 0 spiro atoms. The average molecular weight is 801 g/mol. The van der Waals surface area contributed by atoms with E-state index in [2.05, 4.69) is 39.3 Å². The molecule has 51 heavy (non-hydrogen) atoms. The quantitative estimate of drug-likeness (QED) is 0.0980. The second kappa shape index (κ2) is 20.3. The number of nitrogens with one attached hydrogen (secondary N) is 1. The first-order valence-electron chi connectivity index (χ1n) is 13.2. The normalized spacial score (nSPS) is 34.8. The summed E-state index contributed by atoms with van der Waals surface area (Å²) in [7, 11) is -10.5. The van der Waals surface area contributed by atoms with Crippen LogP contribution in [0.3, 0.4) is 0 Å². The third kappa shape index (κ3) is 11.9. The van der Waals surface area contributed by atoms with Crippen molar-refractivity contribution in [3.63, 3.8) is 0 Å². The number of amides is 2. The summed E-state index contributed by atoms with van der Waals surface area (Å²) in [5, 5.41) is 42.2. The maximum absolute atomic E-state index is 11.8. The maximum atomic E-state index is 11.8. The van der Waals surface area contributed by atoms with Crippen LogP contribution < -0.4 is 149 Å². The van der Waals surface area contributed by atoms with Crippen molar-refractivity contribution in [1.82, 2.24) is 15.1 Å². The Morgan fingerprint density at radius 2 is 1.37 bits per heavy atom. The zero-order chi connectivity index (χ0) is 34.4. The predicted octanol–water partition coefficient (Wildman–Crippen LogP) is -21.3. The number of nitrogens with zero attached hydrogens (tertiary/aromatic N) is 7. The van der Waals surface area contributed by atoms with Gasteiger partial charge in [-0.3, -0.25) is 29.8 Å². The number of hydrogen-bond acceptors (Lipinski definition) is 23. The van der Waals surface area contributed by atoms with Crippen molar-refractivity contribution in [3.8, 4) is 0 Å². The van der Waals surface area contributed by atoms with E-state index in [1.807, 2.05) is 0 Å². The monoisotopic (exact) mass is 801 g/mol. The Labute approximate surface area is 375 Å². The van der Waals surface area contributed by atoms with E-state index >= 15 is 0 Å². The van der Waals surface area contributed by atoms with E-state index in [4.69, 9.17) is 15.2 Å². The van der Waals surface area contributed by atoms with E-state index in [0.717, 1.165) is 6.34 Å². The van der Waals surface area contributed by atoms with Crippen LogP contribution in [0.4, 0.5) is 0 Å². The third-order valence-corrected chi connectivity index (χ3v) is 8.16. The molecule has 0 aliphatic carbocycles. The van der Waals surface area contributed by atoms with Gasteiger partial charge in [0, 0.05) is 0 Å². The van der Waals surface area contributed by atoms with E-state index < -0.39 is 108 Å². The van der Waals surface area contributed by atoms with Gasteiger partial charge in [-0.05, 0) is 0 Å². The molecule has 6 heterocycles. The summed E-state index contributed by atoms with van der Waals surface area (Å²) in [6.07, 6.45) is -8.31. The summed E-state index contributed by atoms with van der Waals surface area (Å²) in [5.41, 5.74) is 5.49. The van der Waals surface area contributed by atoms with Gasteiger partial charge < -0.3 is 78.3 Å². The van der Waals surface area contributed by atoms with Gasteiger partial charge in [0.2, 0.25) is 0 Å². The SMILES string of the molecule is NC1=NC2C(N=CN2C2OC(COP(=O)([O-])[O-])C(O)C2O)C(=O)N1.O=C1N=CN=C2C1N=CN2C1OC(COP(=O)([O-])[O-])C(O)C1O.[Na+].[Na+].[Na+].[Na+]. The summed E-state index contributed by atoms with van der Waals surface area (Å²) in [4.78, 5) is 87.1. The van der Waals surface area contributed by atoms with Crippen LogP contribution in [0.5, 0.6) is 0 Å². The molecule has 260 valence electrons. The van der Waals surface area contributed by atoms with Crippen molar-refractivity contribution >= 4 is 58.3 Å². The van der Waals surface area contributed by atoms with Crippen LogP contribution in [0.1, 0.15) is 0 Å². The zero-order valence-corrected chi connectivity index (χ0v) is 37.1. The van der Waals surface area contributed by atoms with Crippen LogP contribution in [0, 0.1) is 0 Å². The van der Waals surface area contributed by atoms with E-state index in [1.54, 1.807) is 0 Å². The van der Waals surface area contributed by atoms with E-state index in [9.17, 15) is 58.7 Å². The molecule has 6 rings (SSSR count). The average Bonchev–Trinajstić information content (AvgIpc) is 3.73. The third-order valence-electron chi connectivity index (χ3n) is 7.23. The van der Waals surface area contributed by atoms with Crippen LogP contribution in [-0.2, 0) is 37.2 Å². The minimum Gasteiger partial charge on any atom is -0.790 e. The molecule has 7 N–H and O–H groups in total. The Morgan fingerprint density at radius 3 is 1.92 bits per heavy atom. The van der Waals surface area contributed by atoms with Crippen molar-refractivity contribution in [2.24, 2.45) is 30.7 Å². The second-order valence-electron chi connectivity index (χ2n) is 10.3. The minimum absolute atomic E-state index is 0. The molecule has 31 heteroatoms. The fourth-order valence-corrected chi connectivity index (χ4v) is 5.72. The maximum Gasteiger partial charge on any atom is 1.00 e. The largest absolute Gasteiger partial charge is 1.00 e. The number of phosphoric ester groups is 2. The standard InChI is InChI=1S/C10H16N5O8P.C10H13N4O8P.4Na/c11-10-13-7-4(8(18)14-10)12-2-15(7)9-6(17)5(16)3(23-9)1-22-24(19,20)21;15-6-4(1-21-23(18,19)20)22-10(7(6)16)14-3-13-5-8(14)11-2-12-9(5)17;;;;/h2-7,9,16-17H,1H2,(H2,19,20,21)(H3,11,13,14,18);2-7,10,15-16H,1H2,(H2,18,19,20);;;;/q;;4*+1/p-4. The van der Waals surface area contributed by atoms with E-state index in [-0.39, 0.29) is 130 Å². The molecule has 11 atom stereocenters. The van der Waals surface area contributed by atoms with Crippen molar-refractivity contribution < 1.29 is 195 Å². The number of aliphatic hydroxyl groups is 4. The molecule has 25 nitrogen and oxygen atoms in total. The van der Waals surface area contributed by atoms with Crippen molar-refractivity contribution in [1.29, 1.82) is 0 Å². The molecule has 0 radical (unpaired) electrons. The van der Waals surface area contributed by atoms with Crippen LogP contribution in [0.15, 0.2) is 25.0 Å². The van der Waals surface area contributed by atoms with Crippen LogP contribution in [0.25, 0.3) is 0 Å². The smallest absolute Gasteiger partial charge is 0.790 e. The van der Waals surface area contributed by atoms with Crippen LogP contribution in [-0.4, -0.2) is 153 Å². The first kappa shape index (κ1) is 49.9. The number of carbonyl (C=O) groups excluding carboxylic acids is 2. The van der Waals surface area contributed by atoms with Gasteiger partial charge in [-0.15, -0.1) is 0 Å². The Bertz CT molecular complexity index is 1520. The Balaban J connectivity index is 0.000000473. The number of amidine groups is 1. The summed E-state index contributed by atoms with van der Waals surface area (Å²) < 4.78 is 39.8. The molecule has 2 amide bonds. The number of hydrogen-bond donors (Lipinski definition) is 6. The Morgan fingerprint density at radius 1 is 0.843 bits per heavy atom. The van der Waals surface area contributed by atoms with E-state index in [1.165, 1.54) is 22.5 Å². The number of ether oxygens (including phenoxy) is 2. The van der Waals surface area contributed by atoms with Crippen molar-refractivity contribution in [2.45, 2.75) is 67.3 Å². The van der Waals surface area contributed by atoms with Crippen molar-refractivity contribution in [2.75, 3.05) is 13.2 Å². The Hall–Kier alpha value is 0.870. The number of carbonyl (C=O) groups is 2. The number of nitrogens with two attached hydrogens (primary N) is 1. The predicted molar refractivity (Wildman–Crippen MR) is 141 cm³/mol. The number of guanidine groups is 1. The number of rotatable bonds is 8. The fraction of sp³-hybridized carbons (Fsp3) is 0.650. The van der Waals surface area contributed by atoms with Gasteiger partial charge in [0.05, 0.1) is 41.5 Å². The molecule has 6 aliphatic rings. The molecule has 0 aromatic carbocycles. The molecular formula is C20H25N9Na4O16P2. The number of aliphatic hydroxyl groups excluding tert-OH is 4. The molecule has 6 aliphatic heterocycles. The number of aliphatic imine (C=N–C) groups is 5. The van der Waals surface area contributed by atoms with Gasteiger partial charge in [0.1, 0.15) is 48.8 Å². The molecule has 0 bridgehead atoms. The topological polar surface area (TPSA) is 385 Å². The van der Waals surface area contributed by atoms with Gasteiger partial charge in [0.25, 0.3) is 11.8 Å². The van der Waals surface area contributed by atoms with Gasteiger partial charge >= 0.3 is 118 Å². The van der Waals surface area contributed by atoms with Gasteiger partial charge in [0.15, 0.2) is 36.7 Å². The van der Waals surface area contributed by atoms with Gasteiger partial charge in [-0.1, -0.05) is 0 Å². The van der Waals surface area contributed by atoms with Crippen LogP contribution >= 0.6 is 15.6 Å². The minimum atomic E-state index is -5.25. The number of fused-ring (bicyclic) bond motifs is 2. The van der Waals surface area contributed by atoms with E-state index in [0.29, 0.717) is 0 Å². The summed E-state index contributed by atoms with van der Waals surface area (Å²) >= 11 is 0. The molecule has 0 aromatic rings. The molecule has 11 unspecified atom stereocenters. The molecule has 0 aromatic heterocycles. The molecule has 2 fully saturated rings. The summed E-state index contributed by atoms with van der Waals surface area (Å²) in [6.45, 7) is -1.51. The summed E-state index contributed by atoms with van der Waals surface area (Å²) in [5.74, 6) is -1.01. The van der Waals surface area contributed by atoms with Crippen LogP contribution in [0.2, 0.25) is 0 Å². The second-order valence-corrected chi connectivity index (χ2v) is 12.6. The zero-order valence-electron chi connectivity index (χ0n) is 27.3. The first-order chi connectivity index (χ1) is 21.9. The first-order valence-corrected chi connectivity index (χ1v) is 16.1.